The predicted molar refractivity (Wildman–Crippen MR) is 76.8 cm³/mol. The molecule has 0 aliphatic rings. The zero-order valence-corrected chi connectivity index (χ0v) is 11.7. The lowest BCUT2D eigenvalue weighted by atomic mass is 10.0. The van der Waals surface area contributed by atoms with Crippen molar-refractivity contribution in [3.63, 3.8) is 0 Å². The number of carbonyl (C=O) groups excluding carboxylic acids is 1. The van der Waals surface area contributed by atoms with Crippen molar-refractivity contribution in [1.82, 2.24) is 15.3 Å². The summed E-state index contributed by atoms with van der Waals surface area (Å²) in [5.74, 6) is 0.113. The summed E-state index contributed by atoms with van der Waals surface area (Å²) >= 11 is 5.82. The number of ether oxygens (including phenoxy) is 1. The molecule has 0 unspecified atom stereocenters. The van der Waals surface area contributed by atoms with Crippen LogP contribution >= 0.6 is 11.6 Å². The number of nitrogens with zero attached hydrogens (tertiary/aromatic N) is 2. The number of benzene rings is 1. The number of nitrogen functional groups attached to an aromatic ring is 1. The number of aromatic nitrogens is 2. The minimum atomic E-state index is -0.274. The van der Waals surface area contributed by atoms with Gasteiger partial charge in [0.1, 0.15) is 5.69 Å². The first-order chi connectivity index (χ1) is 9.58. The van der Waals surface area contributed by atoms with Gasteiger partial charge < -0.3 is 15.8 Å². The van der Waals surface area contributed by atoms with Crippen molar-refractivity contribution in [2.45, 2.75) is 0 Å². The molecule has 104 valence electrons. The van der Waals surface area contributed by atoms with E-state index in [9.17, 15) is 4.79 Å². The van der Waals surface area contributed by atoms with Crippen molar-refractivity contribution in [2.24, 2.45) is 0 Å². The number of amides is 1. The molecule has 3 N–H and O–H groups in total. The average Bonchev–Trinajstić information content (AvgIpc) is 2.46. The molecule has 0 fully saturated rings. The van der Waals surface area contributed by atoms with Crippen LogP contribution in [0.2, 0.25) is 5.28 Å². The van der Waals surface area contributed by atoms with E-state index in [1.165, 1.54) is 13.3 Å². The van der Waals surface area contributed by atoms with E-state index in [2.05, 4.69) is 15.3 Å². The summed E-state index contributed by atoms with van der Waals surface area (Å²) in [6, 6.07) is 5.02. The highest BCUT2D eigenvalue weighted by Gasteiger charge is 2.19. The van der Waals surface area contributed by atoms with E-state index in [0.29, 0.717) is 28.3 Å². The van der Waals surface area contributed by atoms with Crippen molar-refractivity contribution in [2.75, 3.05) is 19.9 Å². The summed E-state index contributed by atoms with van der Waals surface area (Å²) in [6.45, 7) is 0. The van der Waals surface area contributed by atoms with Crippen LogP contribution in [0.25, 0.3) is 11.3 Å². The highest BCUT2D eigenvalue weighted by Crippen LogP contribution is 2.35. The summed E-state index contributed by atoms with van der Waals surface area (Å²) < 4.78 is 5.21. The fourth-order valence-corrected chi connectivity index (χ4v) is 1.97. The molecule has 2 rings (SSSR count). The van der Waals surface area contributed by atoms with Crippen molar-refractivity contribution < 1.29 is 9.53 Å². The molecule has 0 saturated carbocycles. The summed E-state index contributed by atoms with van der Waals surface area (Å²) in [6.07, 6.45) is 1.44. The van der Waals surface area contributed by atoms with E-state index in [1.807, 2.05) is 0 Å². The fraction of sp³-hybridized carbons (Fsp3) is 0.154. The van der Waals surface area contributed by atoms with Crippen LogP contribution in [-0.4, -0.2) is 30.0 Å². The second-order valence-electron chi connectivity index (χ2n) is 3.90. The van der Waals surface area contributed by atoms with Crippen molar-refractivity contribution >= 4 is 23.2 Å². The van der Waals surface area contributed by atoms with Gasteiger partial charge in [-0.3, -0.25) is 4.79 Å². The van der Waals surface area contributed by atoms with Crippen LogP contribution in [0.5, 0.6) is 5.75 Å². The van der Waals surface area contributed by atoms with Crippen LogP contribution in [0.1, 0.15) is 10.4 Å². The maximum atomic E-state index is 12.0. The molecule has 0 saturated heterocycles. The van der Waals surface area contributed by atoms with Crippen LogP contribution < -0.4 is 15.8 Å². The smallest absolute Gasteiger partial charge is 0.251 e. The quantitative estimate of drug-likeness (QED) is 0.664. The van der Waals surface area contributed by atoms with E-state index >= 15 is 0 Å². The molecule has 20 heavy (non-hydrogen) atoms. The minimum absolute atomic E-state index is 0.0481. The normalized spacial score (nSPS) is 10.2. The number of hydrogen-bond acceptors (Lipinski definition) is 5. The number of rotatable bonds is 3. The lowest BCUT2D eigenvalue weighted by molar-refractivity contribution is 0.0963. The zero-order valence-electron chi connectivity index (χ0n) is 11.0. The Bertz CT molecular complexity index is 661. The molecule has 6 nitrogen and oxygen atoms in total. The van der Waals surface area contributed by atoms with E-state index in [-0.39, 0.29) is 11.2 Å². The van der Waals surface area contributed by atoms with Gasteiger partial charge in [0, 0.05) is 18.3 Å². The number of hydrogen-bond donors (Lipinski definition) is 2. The number of anilines is 1. The molecule has 7 heteroatoms. The molecule has 0 atom stereocenters. The lowest BCUT2D eigenvalue weighted by Crippen LogP contribution is -2.19. The first-order valence-corrected chi connectivity index (χ1v) is 6.13. The molecule has 2 aromatic rings. The Morgan fingerprint density at radius 3 is 2.85 bits per heavy atom. The summed E-state index contributed by atoms with van der Waals surface area (Å²) in [5, 5.41) is 2.61. The summed E-state index contributed by atoms with van der Waals surface area (Å²) in [4.78, 5) is 19.9. The van der Waals surface area contributed by atoms with Gasteiger partial charge in [0.05, 0.1) is 18.9 Å². The van der Waals surface area contributed by atoms with E-state index in [4.69, 9.17) is 22.1 Å². The van der Waals surface area contributed by atoms with Gasteiger partial charge in [-0.2, -0.15) is 0 Å². The molecule has 0 aliphatic heterocycles. The number of halogens is 1. The monoisotopic (exact) mass is 292 g/mol. The fourth-order valence-electron chi connectivity index (χ4n) is 1.84. The van der Waals surface area contributed by atoms with Crippen LogP contribution in [0.15, 0.2) is 24.4 Å². The zero-order chi connectivity index (χ0) is 14.7. The third-order valence-electron chi connectivity index (χ3n) is 2.75. The van der Waals surface area contributed by atoms with Crippen molar-refractivity contribution in [3.05, 3.63) is 35.2 Å². The molecule has 0 spiro atoms. The third-order valence-corrected chi connectivity index (χ3v) is 2.93. The lowest BCUT2D eigenvalue weighted by Gasteiger charge is -2.13. The van der Waals surface area contributed by atoms with Gasteiger partial charge in [0.25, 0.3) is 5.91 Å². The first-order valence-electron chi connectivity index (χ1n) is 5.76. The summed E-state index contributed by atoms with van der Waals surface area (Å²) in [7, 11) is 3.02. The second kappa shape index (κ2) is 5.75. The van der Waals surface area contributed by atoms with E-state index < -0.39 is 0 Å². The standard InChI is InChI=1S/C13H13ClN4O2/c1-16-12(19)7-4-3-5-8(15)10(7)11-9(20-2)6-17-13(14)18-11/h3-6H,15H2,1-2H3,(H,16,19). The number of methoxy groups -OCH3 is 1. The Labute approximate surface area is 120 Å². The summed E-state index contributed by atoms with van der Waals surface area (Å²) in [5.41, 5.74) is 7.62. The Kier molecular flexibility index (Phi) is 4.05. The van der Waals surface area contributed by atoms with Crippen molar-refractivity contribution in [3.8, 4) is 17.0 Å². The van der Waals surface area contributed by atoms with E-state index in [1.54, 1.807) is 25.2 Å². The van der Waals surface area contributed by atoms with Gasteiger partial charge >= 0.3 is 0 Å². The van der Waals surface area contributed by atoms with Gasteiger partial charge in [-0.05, 0) is 23.7 Å². The maximum Gasteiger partial charge on any atom is 0.251 e. The average molecular weight is 293 g/mol. The maximum absolute atomic E-state index is 12.0. The van der Waals surface area contributed by atoms with Crippen LogP contribution in [-0.2, 0) is 0 Å². The Morgan fingerprint density at radius 1 is 1.45 bits per heavy atom. The molecule has 1 aromatic heterocycles. The largest absolute Gasteiger partial charge is 0.493 e. The number of nitrogens with one attached hydrogen (secondary N) is 1. The third kappa shape index (κ3) is 2.50. The molecule has 1 amide bonds. The highest BCUT2D eigenvalue weighted by molar-refractivity contribution is 6.28. The number of carbonyl (C=O) groups is 1. The van der Waals surface area contributed by atoms with E-state index in [0.717, 1.165) is 0 Å². The van der Waals surface area contributed by atoms with Crippen molar-refractivity contribution in [1.29, 1.82) is 0 Å². The predicted octanol–water partition coefficient (Wildman–Crippen LogP) is 1.75. The Morgan fingerprint density at radius 2 is 2.20 bits per heavy atom. The molecular formula is C13H13ClN4O2. The number of nitrogens with two attached hydrogens (primary N) is 1. The van der Waals surface area contributed by atoms with Gasteiger partial charge in [0.2, 0.25) is 5.28 Å². The van der Waals surface area contributed by atoms with Gasteiger partial charge in [-0.15, -0.1) is 0 Å². The van der Waals surface area contributed by atoms with Gasteiger partial charge in [0.15, 0.2) is 5.75 Å². The van der Waals surface area contributed by atoms with Gasteiger partial charge in [-0.25, -0.2) is 9.97 Å². The molecule has 0 radical (unpaired) electrons. The topological polar surface area (TPSA) is 90.1 Å². The molecule has 0 bridgehead atoms. The Hall–Kier alpha value is -2.34. The van der Waals surface area contributed by atoms with Crippen LogP contribution in [0, 0.1) is 0 Å². The first kappa shape index (κ1) is 14.1. The van der Waals surface area contributed by atoms with Crippen LogP contribution in [0.4, 0.5) is 5.69 Å². The van der Waals surface area contributed by atoms with Gasteiger partial charge in [-0.1, -0.05) is 6.07 Å². The molecular weight excluding hydrogens is 280 g/mol. The highest BCUT2D eigenvalue weighted by atomic mass is 35.5. The second-order valence-corrected chi connectivity index (χ2v) is 4.24. The molecule has 1 heterocycles. The minimum Gasteiger partial charge on any atom is -0.493 e. The Balaban J connectivity index is 2.75. The molecule has 1 aromatic carbocycles. The van der Waals surface area contributed by atoms with Crippen LogP contribution in [0.3, 0.4) is 0 Å². The SMILES string of the molecule is CNC(=O)c1cccc(N)c1-c1nc(Cl)ncc1OC. The molecule has 0 aliphatic carbocycles.